The van der Waals surface area contributed by atoms with Crippen molar-refractivity contribution >= 4 is 0 Å². The quantitative estimate of drug-likeness (QED) is 0.716. The van der Waals surface area contributed by atoms with E-state index in [1.807, 2.05) is 0 Å². The zero-order chi connectivity index (χ0) is 11.2. The Labute approximate surface area is 104 Å². The third-order valence-corrected chi connectivity index (χ3v) is 5.54. The van der Waals surface area contributed by atoms with E-state index in [4.69, 9.17) is 4.74 Å². The molecule has 6 heterocycles. The second-order valence-electron chi connectivity index (χ2n) is 6.49. The van der Waals surface area contributed by atoms with Gasteiger partial charge in [0.05, 0.1) is 12.2 Å². The van der Waals surface area contributed by atoms with Crippen molar-refractivity contribution in [1.29, 1.82) is 0 Å². The van der Waals surface area contributed by atoms with E-state index in [1.165, 1.54) is 65.0 Å². The van der Waals surface area contributed by atoms with E-state index in [9.17, 15) is 0 Å². The van der Waals surface area contributed by atoms with Crippen LogP contribution in [0.25, 0.3) is 0 Å². The van der Waals surface area contributed by atoms with E-state index in [0.717, 1.165) is 11.8 Å². The number of ether oxygens (including phenoxy) is 1. The summed E-state index contributed by atoms with van der Waals surface area (Å²) in [5.74, 6) is 1.74. The standard InChI is InChI=1S/C14H24N2O/c1-5-15-6-2-11(1)13(9-15)17-14-10-16-7-3-12(14)4-8-16/h11-14H,1-10H2/t13-,14-/m0/s1. The van der Waals surface area contributed by atoms with Gasteiger partial charge < -0.3 is 14.5 Å². The maximum Gasteiger partial charge on any atom is 0.0735 e. The molecule has 0 N–H and O–H groups in total. The van der Waals surface area contributed by atoms with Crippen molar-refractivity contribution in [3.05, 3.63) is 0 Å². The molecule has 6 rings (SSSR count). The van der Waals surface area contributed by atoms with Gasteiger partial charge in [-0.25, -0.2) is 0 Å². The maximum atomic E-state index is 6.52. The lowest BCUT2D eigenvalue weighted by Gasteiger charge is -2.50. The van der Waals surface area contributed by atoms with E-state index in [0.29, 0.717) is 12.2 Å². The van der Waals surface area contributed by atoms with Gasteiger partial charge >= 0.3 is 0 Å². The molecule has 0 spiro atoms. The summed E-state index contributed by atoms with van der Waals surface area (Å²) in [6.45, 7) is 7.73. The summed E-state index contributed by atoms with van der Waals surface area (Å²) in [5, 5.41) is 0. The molecule has 0 aromatic rings. The first-order valence-corrected chi connectivity index (χ1v) is 7.48. The number of piperidine rings is 6. The first kappa shape index (κ1) is 10.8. The zero-order valence-corrected chi connectivity index (χ0v) is 10.7. The largest absolute Gasteiger partial charge is 0.372 e. The summed E-state index contributed by atoms with van der Waals surface area (Å²) >= 11 is 0. The predicted molar refractivity (Wildman–Crippen MR) is 67.0 cm³/mol. The fraction of sp³-hybridized carbons (Fsp3) is 1.00. The lowest BCUT2D eigenvalue weighted by Crippen LogP contribution is -2.57. The highest BCUT2D eigenvalue weighted by molar-refractivity contribution is 4.92. The van der Waals surface area contributed by atoms with Crippen LogP contribution in [0.15, 0.2) is 0 Å². The fourth-order valence-electron chi connectivity index (χ4n) is 4.35. The van der Waals surface area contributed by atoms with Crippen molar-refractivity contribution in [3.8, 4) is 0 Å². The molecule has 0 radical (unpaired) electrons. The molecule has 17 heavy (non-hydrogen) atoms. The average Bonchev–Trinajstić information content (AvgIpc) is 2.41. The average molecular weight is 236 g/mol. The lowest BCUT2D eigenvalue weighted by molar-refractivity contribution is -0.149. The molecule has 0 saturated carbocycles. The molecule has 0 aliphatic carbocycles. The van der Waals surface area contributed by atoms with Gasteiger partial charge in [0.1, 0.15) is 0 Å². The normalized spacial score (nSPS) is 52.9. The van der Waals surface area contributed by atoms with Crippen LogP contribution in [0.5, 0.6) is 0 Å². The third kappa shape index (κ3) is 1.92. The molecule has 6 aliphatic rings. The number of hydrogen-bond donors (Lipinski definition) is 0. The van der Waals surface area contributed by atoms with Crippen LogP contribution in [0.2, 0.25) is 0 Å². The molecule has 6 aliphatic heterocycles. The van der Waals surface area contributed by atoms with Crippen LogP contribution in [0, 0.1) is 11.8 Å². The number of hydrogen-bond acceptors (Lipinski definition) is 3. The topological polar surface area (TPSA) is 15.7 Å². The predicted octanol–water partition coefficient (Wildman–Crippen LogP) is 1.19. The molecule has 0 unspecified atom stereocenters. The highest BCUT2D eigenvalue weighted by atomic mass is 16.5. The van der Waals surface area contributed by atoms with Crippen molar-refractivity contribution in [2.24, 2.45) is 11.8 Å². The molecule has 0 aromatic carbocycles. The van der Waals surface area contributed by atoms with E-state index in [-0.39, 0.29) is 0 Å². The summed E-state index contributed by atoms with van der Waals surface area (Å²) in [4.78, 5) is 5.21. The van der Waals surface area contributed by atoms with Crippen LogP contribution >= 0.6 is 0 Å². The van der Waals surface area contributed by atoms with Crippen molar-refractivity contribution in [2.75, 3.05) is 39.3 Å². The van der Waals surface area contributed by atoms with E-state index in [2.05, 4.69) is 9.80 Å². The van der Waals surface area contributed by atoms with Crippen molar-refractivity contribution in [2.45, 2.75) is 37.9 Å². The van der Waals surface area contributed by atoms with Crippen LogP contribution < -0.4 is 0 Å². The van der Waals surface area contributed by atoms with Gasteiger partial charge in [-0.3, -0.25) is 0 Å². The Morgan fingerprint density at radius 3 is 1.35 bits per heavy atom. The van der Waals surface area contributed by atoms with Gasteiger partial charge in [-0.1, -0.05) is 0 Å². The fourth-order valence-corrected chi connectivity index (χ4v) is 4.35. The van der Waals surface area contributed by atoms with Crippen LogP contribution in [0.1, 0.15) is 25.7 Å². The van der Waals surface area contributed by atoms with E-state index in [1.54, 1.807) is 0 Å². The summed E-state index contributed by atoms with van der Waals surface area (Å²) in [5.41, 5.74) is 0. The van der Waals surface area contributed by atoms with Gasteiger partial charge in [-0.05, 0) is 63.7 Å². The Kier molecular flexibility index (Phi) is 2.67. The Hall–Kier alpha value is -0.120. The van der Waals surface area contributed by atoms with Gasteiger partial charge in [0, 0.05) is 13.1 Å². The smallest absolute Gasteiger partial charge is 0.0735 e. The molecule has 96 valence electrons. The molecule has 3 nitrogen and oxygen atoms in total. The monoisotopic (exact) mass is 236 g/mol. The maximum absolute atomic E-state index is 6.52. The Morgan fingerprint density at radius 2 is 1.06 bits per heavy atom. The van der Waals surface area contributed by atoms with Crippen LogP contribution in [0.3, 0.4) is 0 Å². The SMILES string of the molecule is C1CN2CCC1[C@@H](O[C@H]1CN3CCC1CC3)C2. The minimum atomic E-state index is 0.558. The molecule has 2 atom stereocenters. The van der Waals surface area contributed by atoms with Gasteiger partial charge in [0.25, 0.3) is 0 Å². The Morgan fingerprint density at radius 1 is 0.647 bits per heavy atom. The summed E-state index contributed by atoms with van der Waals surface area (Å²) in [6.07, 6.45) is 6.64. The molecular weight excluding hydrogens is 212 g/mol. The van der Waals surface area contributed by atoms with Crippen LogP contribution in [0.4, 0.5) is 0 Å². The summed E-state index contributed by atoms with van der Waals surface area (Å²) in [6, 6.07) is 0. The Balaban J connectivity index is 1.41. The molecule has 6 saturated heterocycles. The van der Waals surface area contributed by atoms with Crippen molar-refractivity contribution in [3.63, 3.8) is 0 Å². The summed E-state index contributed by atoms with van der Waals surface area (Å²) in [7, 11) is 0. The second kappa shape index (κ2) is 4.22. The second-order valence-corrected chi connectivity index (χ2v) is 6.49. The van der Waals surface area contributed by atoms with E-state index < -0.39 is 0 Å². The minimum Gasteiger partial charge on any atom is -0.372 e. The van der Waals surface area contributed by atoms with Gasteiger partial charge in [0.15, 0.2) is 0 Å². The number of fused-ring (bicyclic) bond motifs is 6. The van der Waals surface area contributed by atoms with Gasteiger partial charge in [-0.2, -0.15) is 0 Å². The first-order chi connectivity index (χ1) is 8.38. The Bertz CT molecular complexity index is 252. The molecule has 0 amide bonds. The van der Waals surface area contributed by atoms with Crippen LogP contribution in [-0.4, -0.2) is 61.3 Å². The van der Waals surface area contributed by atoms with Gasteiger partial charge in [0.2, 0.25) is 0 Å². The summed E-state index contributed by atoms with van der Waals surface area (Å²) < 4.78 is 6.52. The van der Waals surface area contributed by atoms with Gasteiger partial charge in [-0.15, -0.1) is 0 Å². The highest BCUT2D eigenvalue weighted by Crippen LogP contribution is 2.35. The van der Waals surface area contributed by atoms with Crippen LogP contribution in [-0.2, 0) is 4.74 Å². The molecular formula is C14H24N2O. The lowest BCUT2D eigenvalue weighted by atomic mass is 9.83. The molecule has 0 aromatic heterocycles. The van der Waals surface area contributed by atoms with E-state index >= 15 is 0 Å². The minimum absolute atomic E-state index is 0.558. The number of rotatable bonds is 2. The van der Waals surface area contributed by atoms with Crippen molar-refractivity contribution in [1.82, 2.24) is 9.80 Å². The first-order valence-electron chi connectivity index (χ1n) is 7.48. The highest BCUT2D eigenvalue weighted by Gasteiger charge is 2.40. The third-order valence-electron chi connectivity index (χ3n) is 5.54. The van der Waals surface area contributed by atoms with Crippen molar-refractivity contribution < 1.29 is 4.74 Å². The molecule has 6 fully saturated rings. The zero-order valence-electron chi connectivity index (χ0n) is 10.7. The molecule has 3 heteroatoms. The number of nitrogens with zero attached hydrogens (tertiary/aromatic N) is 2. The molecule has 4 bridgehead atoms.